The van der Waals surface area contributed by atoms with Gasteiger partial charge >= 0.3 is 0 Å². The van der Waals surface area contributed by atoms with E-state index >= 15 is 0 Å². The van der Waals surface area contributed by atoms with Crippen molar-refractivity contribution in [1.29, 1.82) is 0 Å². The Morgan fingerprint density at radius 3 is 2.43 bits per heavy atom. The molecule has 1 fully saturated rings. The van der Waals surface area contributed by atoms with Gasteiger partial charge in [-0.1, -0.05) is 74.0 Å². The Bertz CT molecular complexity index is 1070. The Balaban J connectivity index is 1.49. The number of thioether (sulfide) groups is 1. The number of aliphatic carboxylic acids is 1. The highest BCUT2D eigenvalue weighted by molar-refractivity contribution is 8.15. The molecule has 2 aromatic rings. The normalized spacial score (nSPS) is 16.1. The van der Waals surface area contributed by atoms with Crippen molar-refractivity contribution in [3.63, 3.8) is 0 Å². The number of carboxylic acid groups (broad SMARTS) is 1. The Labute approximate surface area is 210 Å². The standard InChI is InChI=1S/C27H32N2O5S/c1-18(26(32)33)7-4-3-5-10-24(30)29(2)17-20-8-6-9-22(15-20)21-13-11-19(12-14-21)16-23-25(31)28-27(34)35-23/h6,8-9,11-15,18,23H,3-5,7,10,16-17H2,1-2H3,(H,32,33)(H,28,31,34)/p-1. The third-order valence-electron chi connectivity index (χ3n) is 6.18. The molecule has 8 heteroatoms. The highest BCUT2D eigenvalue weighted by atomic mass is 32.2. The van der Waals surface area contributed by atoms with Crippen LogP contribution in [0.1, 0.15) is 50.2 Å². The molecule has 2 aromatic carbocycles. The van der Waals surface area contributed by atoms with Crippen LogP contribution >= 0.6 is 11.8 Å². The molecule has 0 aliphatic carbocycles. The molecule has 3 amide bonds. The number of unbranched alkanes of at least 4 members (excludes halogenated alkanes) is 2. The molecule has 2 unspecified atom stereocenters. The Kier molecular flexibility index (Phi) is 9.48. The maximum absolute atomic E-state index is 12.5. The van der Waals surface area contributed by atoms with Crippen molar-refractivity contribution in [1.82, 2.24) is 10.2 Å². The quantitative estimate of drug-likeness (QED) is 0.452. The molecule has 0 radical (unpaired) electrons. The SMILES string of the molecule is CC(CCCCCC(=O)N(C)Cc1cccc(-c2ccc(CC3SC(=O)NC3=O)cc2)c1)C(=O)[O-]. The minimum Gasteiger partial charge on any atom is -0.550 e. The molecular formula is C27H31N2O5S-. The molecule has 3 rings (SSSR count). The average molecular weight is 496 g/mol. The van der Waals surface area contributed by atoms with E-state index in [-0.39, 0.29) is 22.3 Å². The summed E-state index contributed by atoms with van der Waals surface area (Å²) >= 11 is 1.03. The number of carbonyl (C=O) groups is 4. The monoisotopic (exact) mass is 495 g/mol. The molecule has 7 nitrogen and oxygen atoms in total. The summed E-state index contributed by atoms with van der Waals surface area (Å²) in [4.78, 5) is 48.1. The first-order chi connectivity index (χ1) is 16.7. The van der Waals surface area contributed by atoms with Crippen molar-refractivity contribution in [2.24, 2.45) is 5.92 Å². The number of benzene rings is 2. The van der Waals surface area contributed by atoms with Crippen LogP contribution in [0.5, 0.6) is 0 Å². The highest BCUT2D eigenvalue weighted by Gasteiger charge is 2.31. The number of carboxylic acids is 1. The van der Waals surface area contributed by atoms with Gasteiger partial charge in [-0.3, -0.25) is 19.7 Å². The summed E-state index contributed by atoms with van der Waals surface area (Å²) < 4.78 is 0. The van der Waals surface area contributed by atoms with Crippen LogP contribution in [-0.4, -0.2) is 40.2 Å². The number of rotatable bonds is 12. The van der Waals surface area contributed by atoms with Gasteiger partial charge in [0.15, 0.2) is 0 Å². The van der Waals surface area contributed by atoms with Crippen LogP contribution in [0.4, 0.5) is 4.79 Å². The zero-order chi connectivity index (χ0) is 25.4. The first kappa shape index (κ1) is 26.5. The molecule has 186 valence electrons. The van der Waals surface area contributed by atoms with Crippen LogP contribution in [0.2, 0.25) is 0 Å². The van der Waals surface area contributed by atoms with Gasteiger partial charge in [0.2, 0.25) is 11.8 Å². The number of nitrogens with zero attached hydrogens (tertiary/aromatic N) is 1. The first-order valence-corrected chi connectivity index (χ1v) is 12.8. The smallest absolute Gasteiger partial charge is 0.286 e. The number of hydrogen-bond acceptors (Lipinski definition) is 6. The predicted molar refractivity (Wildman–Crippen MR) is 134 cm³/mol. The molecular weight excluding hydrogens is 464 g/mol. The fourth-order valence-electron chi connectivity index (χ4n) is 4.00. The van der Waals surface area contributed by atoms with Crippen LogP contribution in [0.25, 0.3) is 11.1 Å². The van der Waals surface area contributed by atoms with Crippen molar-refractivity contribution < 1.29 is 24.3 Å². The maximum atomic E-state index is 12.5. The molecule has 35 heavy (non-hydrogen) atoms. The van der Waals surface area contributed by atoms with E-state index in [1.807, 2.05) is 42.5 Å². The van der Waals surface area contributed by atoms with Gasteiger partial charge in [0, 0.05) is 26.0 Å². The van der Waals surface area contributed by atoms with E-state index in [1.165, 1.54) is 0 Å². The van der Waals surface area contributed by atoms with Gasteiger partial charge in [-0.05, 0) is 53.5 Å². The van der Waals surface area contributed by atoms with Crippen LogP contribution < -0.4 is 10.4 Å². The van der Waals surface area contributed by atoms with E-state index in [9.17, 15) is 24.3 Å². The second-order valence-corrected chi connectivity index (χ2v) is 10.2. The van der Waals surface area contributed by atoms with Crippen molar-refractivity contribution in [2.45, 2.75) is 57.2 Å². The average Bonchev–Trinajstić information content (AvgIpc) is 3.15. The summed E-state index contributed by atoms with van der Waals surface area (Å²) in [5.41, 5.74) is 4.10. The number of imide groups is 1. The fourth-order valence-corrected chi connectivity index (χ4v) is 4.86. The topological polar surface area (TPSA) is 107 Å². The highest BCUT2D eigenvalue weighted by Crippen LogP contribution is 2.26. The summed E-state index contributed by atoms with van der Waals surface area (Å²) in [5.74, 6) is -1.63. The van der Waals surface area contributed by atoms with Gasteiger partial charge in [0.25, 0.3) is 5.24 Å². The van der Waals surface area contributed by atoms with Crippen molar-refractivity contribution in [2.75, 3.05) is 7.05 Å². The van der Waals surface area contributed by atoms with E-state index in [2.05, 4.69) is 11.4 Å². The number of nitrogens with one attached hydrogen (secondary N) is 1. The van der Waals surface area contributed by atoms with Gasteiger partial charge in [0.05, 0.1) is 5.25 Å². The van der Waals surface area contributed by atoms with Gasteiger partial charge in [-0.15, -0.1) is 0 Å². The summed E-state index contributed by atoms with van der Waals surface area (Å²) in [7, 11) is 1.80. The number of amides is 3. The molecule has 2 atom stereocenters. The molecule has 0 spiro atoms. The Morgan fingerprint density at radius 2 is 1.77 bits per heavy atom. The minimum absolute atomic E-state index is 0.0695. The van der Waals surface area contributed by atoms with Gasteiger partial charge in [0.1, 0.15) is 0 Å². The number of hydrogen-bond donors (Lipinski definition) is 1. The largest absolute Gasteiger partial charge is 0.550 e. The summed E-state index contributed by atoms with van der Waals surface area (Å²) in [6.07, 6.45) is 3.87. The first-order valence-electron chi connectivity index (χ1n) is 11.9. The van der Waals surface area contributed by atoms with Gasteiger partial charge in [-0.25, -0.2) is 0 Å². The molecule has 1 saturated heterocycles. The van der Waals surface area contributed by atoms with Crippen molar-refractivity contribution in [3.8, 4) is 11.1 Å². The Hall–Kier alpha value is -3.13. The lowest BCUT2D eigenvalue weighted by molar-refractivity contribution is -0.311. The lowest BCUT2D eigenvalue weighted by atomic mass is 10.00. The lowest BCUT2D eigenvalue weighted by Crippen LogP contribution is -2.29. The second-order valence-electron chi connectivity index (χ2n) is 9.05. The van der Waals surface area contributed by atoms with E-state index in [0.717, 1.165) is 53.3 Å². The third-order valence-corrected chi connectivity index (χ3v) is 7.16. The van der Waals surface area contributed by atoms with Crippen LogP contribution in [0.15, 0.2) is 48.5 Å². The van der Waals surface area contributed by atoms with Crippen LogP contribution in [-0.2, 0) is 27.3 Å². The third kappa shape index (κ3) is 7.96. The molecule has 1 aliphatic heterocycles. The zero-order valence-electron chi connectivity index (χ0n) is 20.1. The molecule has 1 aliphatic rings. The predicted octanol–water partition coefficient (Wildman–Crippen LogP) is 3.54. The van der Waals surface area contributed by atoms with E-state index in [1.54, 1.807) is 18.9 Å². The van der Waals surface area contributed by atoms with Gasteiger partial charge in [-0.2, -0.15) is 0 Å². The molecule has 1 N–H and O–H groups in total. The molecule has 0 aromatic heterocycles. The Morgan fingerprint density at radius 1 is 1.03 bits per heavy atom. The van der Waals surface area contributed by atoms with E-state index in [4.69, 9.17) is 0 Å². The van der Waals surface area contributed by atoms with Crippen LogP contribution in [0, 0.1) is 5.92 Å². The summed E-state index contributed by atoms with van der Waals surface area (Å²) in [5, 5.41) is 12.4. The van der Waals surface area contributed by atoms with E-state index in [0.29, 0.717) is 25.8 Å². The maximum Gasteiger partial charge on any atom is 0.286 e. The van der Waals surface area contributed by atoms with Crippen molar-refractivity contribution in [3.05, 3.63) is 59.7 Å². The fraction of sp³-hybridized carbons (Fsp3) is 0.407. The molecule has 0 saturated carbocycles. The number of carbonyl (C=O) groups excluding carboxylic acids is 4. The molecule has 1 heterocycles. The van der Waals surface area contributed by atoms with E-state index < -0.39 is 11.9 Å². The minimum atomic E-state index is -1.02. The summed E-state index contributed by atoms with van der Waals surface area (Å²) in [6.45, 7) is 2.16. The molecule has 0 bridgehead atoms. The van der Waals surface area contributed by atoms with Crippen molar-refractivity contribution >= 4 is 34.8 Å². The van der Waals surface area contributed by atoms with Crippen LogP contribution in [0.3, 0.4) is 0 Å². The summed E-state index contributed by atoms with van der Waals surface area (Å²) in [6, 6.07) is 16.0. The van der Waals surface area contributed by atoms with Gasteiger partial charge < -0.3 is 14.8 Å². The lowest BCUT2D eigenvalue weighted by Gasteiger charge is -2.18. The second kappa shape index (κ2) is 12.5. The zero-order valence-corrected chi connectivity index (χ0v) is 20.9.